The number of rotatable bonds is 5. The molecule has 2 aromatic rings. The molecule has 8 nitrogen and oxygen atoms in total. The van der Waals surface area contributed by atoms with Crippen molar-refractivity contribution >= 4 is 16.5 Å². The molecule has 0 spiro atoms. The fourth-order valence-corrected chi connectivity index (χ4v) is 4.23. The van der Waals surface area contributed by atoms with Gasteiger partial charge in [0, 0.05) is 32.4 Å². The fourth-order valence-electron chi connectivity index (χ4n) is 3.07. The number of imidazole rings is 1. The number of carboxylic acid groups (broad SMARTS) is 1. The van der Waals surface area contributed by atoms with Crippen LogP contribution in [0.1, 0.15) is 11.6 Å². The largest absolute Gasteiger partial charge is 0.483 e. The summed E-state index contributed by atoms with van der Waals surface area (Å²) in [5.74, 6) is -0.0925. The number of hydrogen-bond acceptors (Lipinski definition) is 5. The predicted octanol–water partition coefficient (Wildman–Crippen LogP) is 1.78. The van der Waals surface area contributed by atoms with E-state index in [0.717, 1.165) is 5.56 Å². The summed E-state index contributed by atoms with van der Waals surface area (Å²) in [7, 11) is -0.315. The van der Waals surface area contributed by atoms with Crippen molar-refractivity contribution in [3.05, 3.63) is 42.0 Å². The van der Waals surface area contributed by atoms with Gasteiger partial charge in [0.05, 0.1) is 30.6 Å². The molecule has 0 aliphatic carbocycles. The lowest BCUT2D eigenvalue weighted by atomic mass is 10.0. The molecule has 28 heavy (non-hydrogen) atoms. The van der Waals surface area contributed by atoms with E-state index >= 15 is 0 Å². The van der Waals surface area contributed by atoms with Gasteiger partial charge in [0.1, 0.15) is 11.6 Å². The van der Waals surface area contributed by atoms with Gasteiger partial charge in [0.2, 0.25) is 10.0 Å². The zero-order valence-corrected chi connectivity index (χ0v) is 16.8. The van der Waals surface area contributed by atoms with Crippen LogP contribution in [0.5, 0.6) is 0 Å². The van der Waals surface area contributed by atoms with Crippen LogP contribution in [0.4, 0.5) is 4.39 Å². The maximum Gasteiger partial charge on any atom is 0.290 e. The Hall–Kier alpha value is -2.30. The van der Waals surface area contributed by atoms with Gasteiger partial charge < -0.3 is 14.4 Å². The van der Waals surface area contributed by atoms with Crippen LogP contribution in [0.2, 0.25) is 0 Å². The first-order valence-electron chi connectivity index (χ1n) is 8.56. The molecule has 10 heteroatoms. The Labute approximate surface area is 163 Å². The average molecular weight is 413 g/mol. The van der Waals surface area contributed by atoms with Gasteiger partial charge in [-0.15, -0.1) is 0 Å². The maximum atomic E-state index is 14.3. The summed E-state index contributed by atoms with van der Waals surface area (Å²) in [6.07, 6.45) is 3.36. The molecule has 0 saturated carbocycles. The third-order valence-corrected chi connectivity index (χ3v) is 6.50. The van der Waals surface area contributed by atoms with E-state index in [1.54, 1.807) is 24.5 Å². The van der Waals surface area contributed by atoms with E-state index < -0.39 is 10.0 Å². The number of benzene rings is 1. The van der Waals surface area contributed by atoms with Crippen molar-refractivity contribution in [3.63, 3.8) is 0 Å². The minimum Gasteiger partial charge on any atom is -0.483 e. The lowest BCUT2D eigenvalue weighted by Crippen LogP contribution is -2.32. The van der Waals surface area contributed by atoms with E-state index in [9.17, 15) is 12.8 Å². The van der Waals surface area contributed by atoms with Crippen molar-refractivity contribution in [3.8, 4) is 11.4 Å². The highest BCUT2D eigenvalue weighted by Gasteiger charge is 2.35. The maximum absolute atomic E-state index is 14.3. The lowest BCUT2D eigenvalue weighted by molar-refractivity contribution is -0.122. The Balaban J connectivity index is 0.000000878. The Morgan fingerprint density at radius 2 is 2.07 bits per heavy atom. The third-order valence-electron chi connectivity index (χ3n) is 4.53. The monoisotopic (exact) mass is 413 g/mol. The zero-order chi connectivity index (χ0) is 20.9. The highest BCUT2D eigenvalue weighted by molar-refractivity contribution is 7.89. The molecule has 1 N–H and O–H groups in total. The van der Waals surface area contributed by atoms with Gasteiger partial charge in [-0.1, -0.05) is 11.6 Å². The third kappa shape index (κ3) is 4.94. The van der Waals surface area contributed by atoms with Crippen LogP contribution in [-0.2, 0) is 19.6 Å². The molecule has 1 fully saturated rings. The van der Waals surface area contributed by atoms with E-state index in [2.05, 4.69) is 4.98 Å². The highest BCUT2D eigenvalue weighted by Crippen LogP contribution is 2.32. The molecule has 1 aromatic heterocycles. The number of halogens is 1. The first-order valence-corrected chi connectivity index (χ1v) is 10.2. The summed E-state index contributed by atoms with van der Waals surface area (Å²) in [6.45, 7) is 2.37. The number of hydrogen-bond donors (Lipinski definition) is 1. The lowest BCUT2D eigenvalue weighted by Gasteiger charge is -2.22. The molecule has 2 atom stereocenters. The molecule has 0 unspecified atom stereocenters. The fraction of sp³-hybridized carbons (Fsp3) is 0.444. The molecule has 2 heterocycles. The van der Waals surface area contributed by atoms with Crippen LogP contribution >= 0.6 is 0 Å². The number of ether oxygens (including phenoxy) is 1. The Morgan fingerprint density at radius 1 is 1.39 bits per heavy atom. The number of carbonyl (C=O) groups is 1. The second-order valence-electron chi connectivity index (χ2n) is 6.67. The SMILES string of the molecule is Cc1ccc(F)c(-c2nccn2[C@@H]2COC[C@@H]2CS(=O)(=O)N(C)C)c1.O=CO. The smallest absolute Gasteiger partial charge is 0.290 e. The predicted molar refractivity (Wildman–Crippen MR) is 102 cm³/mol. The van der Waals surface area contributed by atoms with Crippen LogP contribution in [0.25, 0.3) is 11.4 Å². The van der Waals surface area contributed by atoms with Gasteiger partial charge in [-0.05, 0) is 19.1 Å². The molecule has 154 valence electrons. The summed E-state index contributed by atoms with van der Waals surface area (Å²) >= 11 is 0. The van der Waals surface area contributed by atoms with Gasteiger partial charge in [-0.3, -0.25) is 4.79 Å². The Morgan fingerprint density at radius 3 is 2.71 bits per heavy atom. The number of nitrogens with zero attached hydrogens (tertiary/aromatic N) is 3. The molecule has 0 radical (unpaired) electrons. The zero-order valence-electron chi connectivity index (χ0n) is 15.9. The Kier molecular flexibility index (Phi) is 7.28. The van der Waals surface area contributed by atoms with Crippen molar-refractivity contribution in [2.24, 2.45) is 5.92 Å². The van der Waals surface area contributed by atoms with E-state index in [1.165, 1.54) is 24.5 Å². The first kappa shape index (κ1) is 22.0. The molecule has 3 rings (SSSR count). The molecule has 1 saturated heterocycles. The van der Waals surface area contributed by atoms with Gasteiger partial charge >= 0.3 is 0 Å². The van der Waals surface area contributed by atoms with Crippen molar-refractivity contribution < 1.29 is 27.4 Å². The van der Waals surface area contributed by atoms with Crippen molar-refractivity contribution in [2.75, 3.05) is 33.1 Å². The van der Waals surface area contributed by atoms with Crippen molar-refractivity contribution in [2.45, 2.75) is 13.0 Å². The normalized spacial score (nSPS) is 19.3. The quantitative estimate of drug-likeness (QED) is 0.750. The second-order valence-corrected chi connectivity index (χ2v) is 8.90. The number of sulfonamides is 1. The van der Waals surface area contributed by atoms with Crippen molar-refractivity contribution in [1.29, 1.82) is 0 Å². The minimum absolute atomic E-state index is 0.0153. The molecule has 1 aliphatic rings. The molecular weight excluding hydrogens is 389 g/mol. The van der Waals surface area contributed by atoms with E-state index in [1.807, 2.05) is 11.5 Å². The average Bonchev–Trinajstić information content (AvgIpc) is 3.26. The van der Waals surface area contributed by atoms with Crippen LogP contribution in [-0.4, -0.2) is 66.9 Å². The summed E-state index contributed by atoms with van der Waals surface area (Å²) in [6, 6.07) is 4.67. The molecule has 1 aromatic carbocycles. The van der Waals surface area contributed by atoms with Gasteiger partial charge in [-0.25, -0.2) is 22.1 Å². The van der Waals surface area contributed by atoms with Gasteiger partial charge in [0.25, 0.3) is 6.47 Å². The van der Waals surface area contributed by atoms with Gasteiger partial charge in [0.15, 0.2) is 0 Å². The number of aromatic nitrogens is 2. The molecule has 0 amide bonds. The van der Waals surface area contributed by atoms with Crippen LogP contribution in [0.3, 0.4) is 0 Å². The molecule has 0 bridgehead atoms. The van der Waals surface area contributed by atoms with E-state index in [0.29, 0.717) is 24.6 Å². The summed E-state index contributed by atoms with van der Waals surface area (Å²) in [4.78, 5) is 12.7. The standard InChI is InChI=1S/C17H22FN3O3S.CH2O2/c1-12-4-5-15(18)14(8-12)17-19-6-7-21(17)16-10-24-9-13(16)11-25(22,23)20(2)3;2-1-3/h4-8,13,16H,9-11H2,1-3H3;1H,(H,2,3)/t13-,16-;/m1./s1. The first-order chi connectivity index (χ1) is 13.2. The summed E-state index contributed by atoms with van der Waals surface area (Å²) in [5.41, 5.74) is 1.34. The highest BCUT2D eigenvalue weighted by atomic mass is 32.2. The second kappa shape index (κ2) is 9.26. The molecular formula is C18H24FN3O5S. The van der Waals surface area contributed by atoms with Crippen molar-refractivity contribution in [1.82, 2.24) is 13.9 Å². The van der Waals surface area contributed by atoms with Crippen LogP contribution in [0, 0.1) is 18.7 Å². The van der Waals surface area contributed by atoms with E-state index in [-0.39, 0.29) is 30.0 Å². The topological polar surface area (TPSA) is 102 Å². The molecule has 1 aliphatic heterocycles. The number of aryl methyl sites for hydroxylation is 1. The summed E-state index contributed by atoms with van der Waals surface area (Å²) < 4.78 is 47.4. The van der Waals surface area contributed by atoms with E-state index in [4.69, 9.17) is 14.6 Å². The summed E-state index contributed by atoms with van der Waals surface area (Å²) in [5, 5.41) is 6.89. The van der Waals surface area contributed by atoms with Crippen LogP contribution < -0.4 is 0 Å². The van der Waals surface area contributed by atoms with Crippen LogP contribution in [0.15, 0.2) is 30.6 Å². The Bertz CT molecular complexity index is 914. The minimum atomic E-state index is -3.35. The van der Waals surface area contributed by atoms with Gasteiger partial charge in [-0.2, -0.15) is 0 Å².